The lowest BCUT2D eigenvalue weighted by molar-refractivity contribution is -0.140. The first-order valence-corrected chi connectivity index (χ1v) is 14.5. The van der Waals surface area contributed by atoms with Gasteiger partial charge in [0, 0.05) is 13.1 Å². The van der Waals surface area contributed by atoms with Crippen molar-refractivity contribution < 1.29 is 22.4 Å². The Morgan fingerprint density at radius 3 is 2.23 bits per heavy atom. The van der Waals surface area contributed by atoms with E-state index in [1.165, 1.54) is 35.2 Å². The van der Waals surface area contributed by atoms with Crippen LogP contribution >= 0.6 is 23.2 Å². The number of benzene rings is 3. The van der Waals surface area contributed by atoms with Crippen molar-refractivity contribution in [1.82, 2.24) is 10.2 Å². The van der Waals surface area contributed by atoms with Gasteiger partial charge < -0.3 is 10.2 Å². The van der Waals surface area contributed by atoms with Gasteiger partial charge >= 0.3 is 0 Å². The number of amides is 2. The SMILES string of the molecule is CCNC(=O)[C@@H](CC)N(Cc1ccc(Cl)c(Cl)c1)C(=O)CN(c1ccccc1F)S(=O)(=O)c1ccc(C)cc1. The van der Waals surface area contributed by atoms with Crippen LogP contribution in [-0.2, 0) is 26.2 Å². The molecule has 0 spiro atoms. The molecule has 1 N–H and O–H groups in total. The molecule has 3 aromatic carbocycles. The van der Waals surface area contributed by atoms with Crippen LogP contribution in [0.5, 0.6) is 0 Å². The molecule has 1 atom stereocenters. The van der Waals surface area contributed by atoms with E-state index >= 15 is 0 Å². The number of likely N-dealkylation sites (N-methyl/N-ethyl adjacent to an activating group) is 1. The highest BCUT2D eigenvalue weighted by molar-refractivity contribution is 7.92. The number of sulfonamides is 1. The Hall–Kier alpha value is -3.14. The third-order valence-electron chi connectivity index (χ3n) is 6.08. The smallest absolute Gasteiger partial charge is 0.264 e. The van der Waals surface area contributed by atoms with Crippen LogP contribution in [0.2, 0.25) is 10.0 Å². The number of hydrogen-bond acceptors (Lipinski definition) is 4. The van der Waals surface area contributed by atoms with Crippen LogP contribution in [0.25, 0.3) is 0 Å². The topological polar surface area (TPSA) is 86.8 Å². The summed E-state index contributed by atoms with van der Waals surface area (Å²) in [6.07, 6.45) is 0.253. The van der Waals surface area contributed by atoms with Gasteiger partial charge in [0.25, 0.3) is 10.0 Å². The van der Waals surface area contributed by atoms with E-state index in [9.17, 15) is 22.4 Å². The van der Waals surface area contributed by atoms with Gasteiger partial charge in [-0.1, -0.05) is 66.0 Å². The third kappa shape index (κ3) is 7.29. The maximum absolute atomic E-state index is 15.0. The number of nitrogens with zero attached hydrogens (tertiary/aromatic N) is 2. The van der Waals surface area contributed by atoms with E-state index in [0.717, 1.165) is 15.9 Å². The molecule has 0 aliphatic rings. The van der Waals surface area contributed by atoms with E-state index in [1.54, 1.807) is 44.2 Å². The standard InChI is InChI=1S/C28H30Cl2FN3O4S/c1-4-25(28(36)32-5-2)33(17-20-12-15-22(29)23(30)16-20)27(35)18-34(26-9-7-6-8-24(26)31)39(37,38)21-13-10-19(3)11-14-21/h6-16,25H,4-5,17-18H2,1-3H3,(H,32,36)/t25-/m1/s1. The number of nitrogens with one attached hydrogen (secondary N) is 1. The third-order valence-corrected chi connectivity index (χ3v) is 8.60. The zero-order valence-electron chi connectivity index (χ0n) is 21.8. The monoisotopic (exact) mass is 593 g/mol. The molecule has 11 heteroatoms. The van der Waals surface area contributed by atoms with E-state index < -0.39 is 40.2 Å². The van der Waals surface area contributed by atoms with Gasteiger partial charge in [-0.15, -0.1) is 0 Å². The lowest BCUT2D eigenvalue weighted by Gasteiger charge is -2.33. The maximum Gasteiger partial charge on any atom is 0.264 e. The van der Waals surface area contributed by atoms with Crippen LogP contribution in [0.1, 0.15) is 31.4 Å². The number of anilines is 1. The van der Waals surface area contributed by atoms with E-state index in [4.69, 9.17) is 23.2 Å². The van der Waals surface area contributed by atoms with Crippen molar-refractivity contribution in [2.45, 2.75) is 44.7 Å². The Labute approximate surface area is 238 Å². The predicted molar refractivity (Wildman–Crippen MR) is 152 cm³/mol. The van der Waals surface area contributed by atoms with E-state index in [1.807, 2.05) is 6.92 Å². The molecule has 0 bridgehead atoms. The van der Waals surface area contributed by atoms with Crippen molar-refractivity contribution in [2.75, 3.05) is 17.4 Å². The van der Waals surface area contributed by atoms with Crippen LogP contribution in [0.15, 0.2) is 71.6 Å². The molecule has 208 valence electrons. The second-order valence-corrected chi connectivity index (χ2v) is 11.5. The number of para-hydroxylation sites is 1. The van der Waals surface area contributed by atoms with Crippen molar-refractivity contribution >= 4 is 50.7 Å². The van der Waals surface area contributed by atoms with Gasteiger partial charge in [0.15, 0.2) is 0 Å². The summed E-state index contributed by atoms with van der Waals surface area (Å²) < 4.78 is 43.2. The zero-order chi connectivity index (χ0) is 28.7. The first-order chi connectivity index (χ1) is 18.5. The normalized spacial score (nSPS) is 12.1. The van der Waals surface area contributed by atoms with Gasteiger partial charge in [0.2, 0.25) is 11.8 Å². The summed E-state index contributed by atoms with van der Waals surface area (Å²) in [5.74, 6) is -1.90. The average molecular weight is 595 g/mol. The maximum atomic E-state index is 15.0. The highest BCUT2D eigenvalue weighted by atomic mass is 35.5. The molecule has 0 aliphatic heterocycles. The van der Waals surface area contributed by atoms with Gasteiger partial charge in [0.1, 0.15) is 18.4 Å². The van der Waals surface area contributed by atoms with Crippen LogP contribution < -0.4 is 9.62 Å². The minimum atomic E-state index is -4.36. The lowest BCUT2D eigenvalue weighted by atomic mass is 10.1. The number of aryl methyl sites for hydroxylation is 1. The van der Waals surface area contributed by atoms with Gasteiger partial charge in [-0.05, 0) is 62.2 Å². The number of hydrogen-bond donors (Lipinski definition) is 1. The number of carbonyl (C=O) groups excluding carboxylic acids is 2. The van der Waals surface area contributed by atoms with Crippen molar-refractivity contribution in [3.63, 3.8) is 0 Å². The molecular weight excluding hydrogens is 564 g/mol. The summed E-state index contributed by atoms with van der Waals surface area (Å²) >= 11 is 12.2. The fraction of sp³-hybridized carbons (Fsp3) is 0.286. The molecule has 3 rings (SSSR count). The first-order valence-electron chi connectivity index (χ1n) is 12.3. The molecule has 3 aromatic rings. The fourth-order valence-corrected chi connectivity index (χ4v) is 5.79. The Kier molecular flexibility index (Phi) is 10.4. The van der Waals surface area contributed by atoms with E-state index in [-0.39, 0.29) is 28.6 Å². The molecule has 39 heavy (non-hydrogen) atoms. The quantitative estimate of drug-likeness (QED) is 0.314. The minimum Gasteiger partial charge on any atom is -0.355 e. The second kappa shape index (κ2) is 13.3. The molecule has 2 amide bonds. The molecular formula is C28H30Cl2FN3O4S. The predicted octanol–water partition coefficient (Wildman–Crippen LogP) is 5.58. The van der Waals surface area contributed by atoms with E-state index in [2.05, 4.69) is 5.32 Å². The van der Waals surface area contributed by atoms with Crippen molar-refractivity contribution in [2.24, 2.45) is 0 Å². The zero-order valence-corrected chi connectivity index (χ0v) is 24.2. The van der Waals surface area contributed by atoms with Crippen LogP contribution in [-0.4, -0.2) is 44.3 Å². The molecule has 0 saturated carbocycles. The highest BCUT2D eigenvalue weighted by Gasteiger charge is 2.34. The molecule has 0 aromatic heterocycles. The highest BCUT2D eigenvalue weighted by Crippen LogP contribution is 2.28. The van der Waals surface area contributed by atoms with Crippen LogP contribution in [0.4, 0.5) is 10.1 Å². The summed E-state index contributed by atoms with van der Waals surface area (Å²) in [6, 6.07) is 15.3. The molecule has 0 heterocycles. The van der Waals surface area contributed by atoms with Gasteiger partial charge in [-0.3, -0.25) is 13.9 Å². The molecule has 0 fully saturated rings. The Balaban J connectivity index is 2.08. The summed E-state index contributed by atoms with van der Waals surface area (Å²) in [4.78, 5) is 28.0. The van der Waals surface area contributed by atoms with Crippen molar-refractivity contribution in [1.29, 1.82) is 0 Å². The average Bonchev–Trinajstić information content (AvgIpc) is 2.90. The summed E-state index contributed by atoms with van der Waals surface area (Å²) in [5, 5.41) is 3.31. The largest absolute Gasteiger partial charge is 0.355 e. The Morgan fingerprint density at radius 2 is 1.64 bits per heavy atom. The molecule has 0 saturated heterocycles. The Bertz CT molecular complexity index is 1430. The summed E-state index contributed by atoms with van der Waals surface area (Å²) in [7, 11) is -4.36. The second-order valence-electron chi connectivity index (χ2n) is 8.86. The first kappa shape index (κ1) is 30.4. The van der Waals surface area contributed by atoms with Gasteiger partial charge in [-0.25, -0.2) is 12.8 Å². The molecule has 0 radical (unpaired) electrons. The molecule has 7 nitrogen and oxygen atoms in total. The number of rotatable bonds is 11. The molecule has 0 aliphatic carbocycles. The van der Waals surface area contributed by atoms with Crippen LogP contribution in [0.3, 0.4) is 0 Å². The lowest BCUT2D eigenvalue weighted by Crippen LogP contribution is -2.52. The van der Waals surface area contributed by atoms with Crippen molar-refractivity contribution in [3.8, 4) is 0 Å². The van der Waals surface area contributed by atoms with Crippen LogP contribution in [0, 0.1) is 12.7 Å². The minimum absolute atomic E-state index is 0.0545. The number of halogens is 3. The molecule has 0 unspecified atom stereocenters. The fourth-order valence-electron chi connectivity index (χ4n) is 4.05. The van der Waals surface area contributed by atoms with Gasteiger partial charge in [-0.2, -0.15) is 0 Å². The summed E-state index contributed by atoms with van der Waals surface area (Å²) in [5.41, 5.74) is 1.13. The summed E-state index contributed by atoms with van der Waals surface area (Å²) in [6.45, 7) is 4.85. The van der Waals surface area contributed by atoms with E-state index in [0.29, 0.717) is 17.1 Å². The van der Waals surface area contributed by atoms with Crippen molar-refractivity contribution in [3.05, 3.63) is 93.7 Å². The number of carbonyl (C=O) groups is 2. The van der Waals surface area contributed by atoms with Gasteiger partial charge in [0.05, 0.1) is 20.6 Å². The Morgan fingerprint density at radius 1 is 0.974 bits per heavy atom.